The van der Waals surface area contributed by atoms with Crippen molar-refractivity contribution >= 4 is 17.4 Å². The van der Waals surface area contributed by atoms with E-state index in [-0.39, 0.29) is 17.4 Å². The zero-order chi connectivity index (χ0) is 10.2. The van der Waals surface area contributed by atoms with Gasteiger partial charge in [-0.3, -0.25) is 0 Å². The molecular formula is H3AlN6O6. The fraction of sp³-hybridized carbons (Fsp3) is 0. The molecule has 12 nitrogen and oxygen atoms in total. The summed E-state index contributed by atoms with van der Waals surface area (Å²) in [6, 6.07) is 0. The van der Waals surface area contributed by atoms with Gasteiger partial charge in [0.25, 0.3) is 0 Å². The second-order valence-electron chi connectivity index (χ2n) is 0.548. The number of nitrogens with zero attached hydrogens (tertiary/aromatic N) is 3. The first-order valence-electron chi connectivity index (χ1n) is 1.83. The molecule has 0 unspecified atom stereocenters. The fourth-order valence-corrected chi connectivity index (χ4v) is 0. The van der Waals surface area contributed by atoms with Gasteiger partial charge in [-0.1, -0.05) is 0 Å². The predicted molar refractivity (Wildman–Crippen MR) is 42.6 cm³/mol. The summed E-state index contributed by atoms with van der Waals surface area (Å²) in [4.78, 5) is 25.5. The quantitative estimate of drug-likeness (QED) is 0.293. The smallest absolute Gasteiger partial charge is 0.742 e. The molecule has 0 spiro atoms. The van der Waals surface area contributed by atoms with Crippen LogP contribution in [0.2, 0.25) is 0 Å². The molecule has 0 aliphatic carbocycles. The average molecular weight is 210 g/mol. The molecule has 0 aromatic rings. The molecule has 0 aliphatic rings. The molecule has 0 fully saturated rings. The van der Waals surface area contributed by atoms with Gasteiger partial charge < -0.3 is 32.4 Å². The van der Waals surface area contributed by atoms with Crippen molar-refractivity contribution in [1.29, 1.82) is 0 Å². The van der Waals surface area contributed by atoms with Crippen LogP contribution in [0.3, 0.4) is 0 Å². The summed E-state index contributed by atoms with van der Waals surface area (Å²) in [6.45, 7) is 0. The van der Waals surface area contributed by atoms with E-state index in [0.29, 0.717) is 0 Å². The van der Waals surface area contributed by atoms with Gasteiger partial charge in [-0.05, 0) is 0 Å². The van der Waals surface area contributed by atoms with Crippen LogP contribution >= 0.6 is 0 Å². The largest absolute Gasteiger partial charge is 3.00 e. The molecule has 0 saturated heterocycles. The van der Waals surface area contributed by atoms with E-state index < -0.39 is 0 Å². The van der Waals surface area contributed by atoms with Crippen molar-refractivity contribution in [3.05, 3.63) is 30.3 Å². The minimum atomic E-state index is 0. The molecule has 0 atom stereocenters. The SMILES string of the molecule is O=NN[O-].O=NN[O-].O=NN[O-].[Al+3]. The van der Waals surface area contributed by atoms with E-state index in [1.54, 1.807) is 15.9 Å². The van der Waals surface area contributed by atoms with Crippen LogP contribution in [0, 0.1) is 30.3 Å². The Morgan fingerprint density at radius 3 is 0.769 bits per heavy atom. The number of hydrogen-bond acceptors (Lipinski definition) is 9. The molecule has 0 heterocycles. The second-order valence-corrected chi connectivity index (χ2v) is 0.548. The molecule has 0 aliphatic heterocycles. The van der Waals surface area contributed by atoms with Crippen LogP contribution < -0.4 is 16.8 Å². The molecule has 0 rings (SSSR count). The number of rotatable bonds is 3. The average Bonchev–Trinajstić information content (AvgIpc) is 2.18. The zero-order valence-electron chi connectivity index (χ0n) is 5.87. The van der Waals surface area contributed by atoms with Crippen molar-refractivity contribution in [3.8, 4) is 0 Å². The maximum atomic E-state index is 8.57. The topological polar surface area (TPSA) is 194 Å². The number of nitrogens with one attached hydrogen (secondary N) is 3. The summed E-state index contributed by atoms with van der Waals surface area (Å²) in [6.07, 6.45) is 0. The normalized spacial score (nSPS) is 4.85. The van der Waals surface area contributed by atoms with Crippen molar-refractivity contribution in [3.63, 3.8) is 0 Å². The van der Waals surface area contributed by atoms with E-state index in [1.807, 2.05) is 0 Å². The van der Waals surface area contributed by atoms with Crippen LogP contribution in [-0.4, -0.2) is 17.4 Å². The van der Waals surface area contributed by atoms with E-state index >= 15 is 0 Å². The summed E-state index contributed by atoms with van der Waals surface area (Å²) in [5.74, 6) is 0. The molecule has 3 N–H and O–H groups in total. The monoisotopic (exact) mass is 210 g/mol. The Bertz CT molecular complexity index is 78.1. The van der Waals surface area contributed by atoms with E-state index in [0.717, 1.165) is 16.8 Å². The van der Waals surface area contributed by atoms with Gasteiger partial charge in [-0.25, -0.2) is 0 Å². The van der Waals surface area contributed by atoms with Crippen molar-refractivity contribution in [1.82, 2.24) is 16.8 Å². The minimum absolute atomic E-state index is 0. The van der Waals surface area contributed by atoms with Crippen molar-refractivity contribution in [2.75, 3.05) is 0 Å². The van der Waals surface area contributed by atoms with Crippen LogP contribution in [0.15, 0.2) is 15.9 Å². The molecule has 0 aromatic heterocycles. The van der Waals surface area contributed by atoms with Crippen molar-refractivity contribution in [2.45, 2.75) is 0 Å². The van der Waals surface area contributed by atoms with Gasteiger partial charge >= 0.3 is 17.4 Å². The van der Waals surface area contributed by atoms with Crippen molar-refractivity contribution < 1.29 is 0 Å². The minimum Gasteiger partial charge on any atom is -0.742 e. The third-order valence-corrected chi connectivity index (χ3v) is 0.112. The van der Waals surface area contributed by atoms with E-state index in [4.69, 9.17) is 30.3 Å². The zero-order valence-corrected chi connectivity index (χ0v) is 7.02. The Balaban J connectivity index is -0.0000000450. The molecule has 0 aromatic carbocycles. The summed E-state index contributed by atoms with van der Waals surface area (Å²) in [5, 5.41) is 30.8. The molecule has 13 heteroatoms. The van der Waals surface area contributed by atoms with Crippen LogP contribution in [0.5, 0.6) is 0 Å². The molecule has 72 valence electrons. The number of hydrogen-bond donors (Lipinski definition) is 3. The Labute approximate surface area is 81.1 Å². The first kappa shape index (κ1) is 22.6. The summed E-state index contributed by atoms with van der Waals surface area (Å²) in [7, 11) is 0. The van der Waals surface area contributed by atoms with Crippen molar-refractivity contribution in [2.24, 2.45) is 15.9 Å². The summed E-state index contributed by atoms with van der Waals surface area (Å²) >= 11 is 0. The molecule has 13 heavy (non-hydrogen) atoms. The second kappa shape index (κ2) is 46.1. The third kappa shape index (κ3) is 303. The van der Waals surface area contributed by atoms with Gasteiger partial charge in [-0.15, -0.1) is 14.7 Å². The Kier molecular flexibility index (Phi) is 80.0. The molecule has 0 amide bonds. The van der Waals surface area contributed by atoms with Gasteiger partial charge in [0.15, 0.2) is 0 Å². The van der Waals surface area contributed by atoms with Gasteiger partial charge in [0.1, 0.15) is 0 Å². The maximum absolute atomic E-state index is 8.57. The van der Waals surface area contributed by atoms with E-state index in [1.165, 1.54) is 0 Å². The third-order valence-electron chi connectivity index (χ3n) is 0.112. The Hall–Kier alpha value is -1.39. The molecule has 0 saturated carbocycles. The standard InChI is InChI=1S/Al.3HN2O2/c;3*3-1-2-4/h;3*(H-,1,2,3,4)/q+3;3*-1. The van der Waals surface area contributed by atoms with Crippen LogP contribution in [0.1, 0.15) is 0 Å². The Morgan fingerprint density at radius 1 is 0.692 bits per heavy atom. The predicted octanol–water partition coefficient (Wildman–Crippen LogP) is -1.12. The molecular weight excluding hydrogens is 207 g/mol. The summed E-state index contributed by atoms with van der Waals surface area (Å²) in [5.41, 5.74) is 2.25. The fourth-order valence-electron chi connectivity index (χ4n) is 0. The van der Waals surface area contributed by atoms with Gasteiger partial charge in [-0.2, -0.15) is 0 Å². The van der Waals surface area contributed by atoms with Gasteiger partial charge in [0, 0.05) is 15.9 Å². The molecule has 0 radical (unpaired) electrons. The van der Waals surface area contributed by atoms with Crippen LogP contribution in [0.4, 0.5) is 0 Å². The van der Waals surface area contributed by atoms with Crippen LogP contribution in [0.25, 0.3) is 0 Å². The van der Waals surface area contributed by atoms with Gasteiger partial charge in [0.05, 0.1) is 0 Å². The van der Waals surface area contributed by atoms with E-state index in [9.17, 15) is 0 Å². The summed E-state index contributed by atoms with van der Waals surface area (Å²) < 4.78 is 0. The molecule has 0 bridgehead atoms. The van der Waals surface area contributed by atoms with E-state index in [2.05, 4.69) is 0 Å². The maximum Gasteiger partial charge on any atom is 3.00 e. The Morgan fingerprint density at radius 2 is 0.769 bits per heavy atom. The number of nitroso groups, excluding NO2 is 3. The van der Waals surface area contributed by atoms with Gasteiger partial charge in [0.2, 0.25) is 0 Å². The first-order chi connectivity index (χ1) is 5.74. The van der Waals surface area contributed by atoms with Crippen LogP contribution in [-0.2, 0) is 0 Å². The first-order valence-corrected chi connectivity index (χ1v) is 1.83.